The van der Waals surface area contributed by atoms with E-state index in [0.29, 0.717) is 18.8 Å². The molecule has 1 heterocycles. The van der Waals surface area contributed by atoms with E-state index in [0.717, 1.165) is 0 Å². The van der Waals surface area contributed by atoms with E-state index in [1.54, 1.807) is 31.9 Å². The summed E-state index contributed by atoms with van der Waals surface area (Å²) in [5.74, 6) is -1.10. The van der Waals surface area contributed by atoms with Crippen molar-refractivity contribution in [1.82, 2.24) is 4.90 Å². The lowest BCUT2D eigenvalue weighted by Gasteiger charge is -2.46. The molecule has 1 aliphatic rings. The topological polar surface area (TPSA) is 84.6 Å². The third kappa shape index (κ3) is 2.42. The minimum absolute atomic E-state index is 0.0278. The molecule has 21 heavy (non-hydrogen) atoms. The zero-order chi connectivity index (χ0) is 15.8. The maximum absolute atomic E-state index is 12.3. The molecule has 0 aliphatic carbocycles. The Kier molecular flexibility index (Phi) is 3.60. The molecule has 0 unspecified atom stereocenters. The summed E-state index contributed by atoms with van der Waals surface area (Å²) in [7, 11) is 1.75. The number of hydrogen-bond acceptors (Lipinski definition) is 4. The zero-order valence-electron chi connectivity index (χ0n) is 12.3. The fourth-order valence-corrected chi connectivity index (χ4v) is 2.63. The van der Waals surface area contributed by atoms with Crippen molar-refractivity contribution in [3.8, 4) is 6.07 Å². The minimum Gasteiger partial charge on any atom is -0.478 e. The van der Waals surface area contributed by atoms with Crippen LogP contribution in [-0.2, 0) is 4.79 Å². The lowest BCUT2D eigenvalue weighted by atomic mass is 9.95. The van der Waals surface area contributed by atoms with E-state index in [9.17, 15) is 14.9 Å². The molecule has 1 amide bonds. The molecule has 6 nitrogen and oxygen atoms in total. The van der Waals surface area contributed by atoms with Crippen molar-refractivity contribution in [3.05, 3.63) is 29.3 Å². The highest BCUT2D eigenvalue weighted by Gasteiger charge is 2.41. The number of nitrogens with zero attached hydrogens (tertiary/aromatic N) is 3. The van der Waals surface area contributed by atoms with E-state index in [4.69, 9.17) is 5.11 Å². The van der Waals surface area contributed by atoms with Gasteiger partial charge < -0.3 is 14.9 Å². The van der Waals surface area contributed by atoms with Gasteiger partial charge in [-0.1, -0.05) is 0 Å². The molecule has 2 rings (SSSR count). The van der Waals surface area contributed by atoms with Gasteiger partial charge in [-0.3, -0.25) is 4.79 Å². The molecule has 1 aromatic carbocycles. The monoisotopic (exact) mass is 287 g/mol. The van der Waals surface area contributed by atoms with Gasteiger partial charge in [-0.05, 0) is 32.0 Å². The van der Waals surface area contributed by atoms with Crippen LogP contribution in [0.25, 0.3) is 0 Å². The van der Waals surface area contributed by atoms with Gasteiger partial charge >= 0.3 is 5.97 Å². The van der Waals surface area contributed by atoms with Crippen molar-refractivity contribution in [2.75, 3.05) is 25.0 Å². The molecule has 0 radical (unpaired) electrons. The fourth-order valence-electron chi connectivity index (χ4n) is 2.63. The number of anilines is 1. The Hall–Kier alpha value is -2.55. The van der Waals surface area contributed by atoms with Crippen LogP contribution in [0.1, 0.15) is 29.8 Å². The van der Waals surface area contributed by atoms with Crippen LogP contribution in [0.5, 0.6) is 0 Å². The SMILES string of the molecule is CN1CCN(c2ccc(C(=O)O)cc2C#N)C(C)(C)C1=O. The third-order valence-corrected chi connectivity index (χ3v) is 3.86. The molecule has 110 valence electrons. The van der Waals surface area contributed by atoms with E-state index in [1.165, 1.54) is 12.1 Å². The second-order valence-electron chi connectivity index (χ2n) is 5.59. The van der Waals surface area contributed by atoms with Crippen molar-refractivity contribution in [1.29, 1.82) is 5.26 Å². The molecule has 1 aromatic rings. The van der Waals surface area contributed by atoms with Crippen LogP contribution < -0.4 is 4.90 Å². The first kappa shape index (κ1) is 14.9. The van der Waals surface area contributed by atoms with Gasteiger partial charge in [0.2, 0.25) is 5.91 Å². The Bertz CT molecular complexity index is 646. The van der Waals surface area contributed by atoms with Crippen LogP contribution in [-0.4, -0.2) is 47.6 Å². The molecular formula is C15H17N3O3. The predicted octanol–water partition coefficient (Wildman–Crippen LogP) is 1.31. The van der Waals surface area contributed by atoms with Gasteiger partial charge in [0.05, 0.1) is 16.8 Å². The minimum atomic E-state index is -1.08. The second-order valence-corrected chi connectivity index (χ2v) is 5.59. The summed E-state index contributed by atoms with van der Waals surface area (Å²) in [5, 5.41) is 18.3. The Labute approximate surface area is 123 Å². The lowest BCUT2D eigenvalue weighted by Crippen LogP contribution is -2.62. The van der Waals surface area contributed by atoms with Gasteiger partial charge in [-0.15, -0.1) is 0 Å². The standard InChI is InChI=1S/C15H17N3O3/c1-15(2)14(21)17(3)6-7-18(15)12-5-4-10(13(19)20)8-11(12)9-16/h4-5,8H,6-7H2,1-3H3,(H,19,20). The summed E-state index contributed by atoms with van der Waals surface area (Å²) in [6.07, 6.45) is 0. The quantitative estimate of drug-likeness (QED) is 0.886. The number of benzene rings is 1. The average molecular weight is 287 g/mol. The van der Waals surface area contributed by atoms with Gasteiger partial charge in [0.25, 0.3) is 0 Å². The average Bonchev–Trinajstić information content (AvgIpc) is 2.44. The number of carboxylic acids is 1. The third-order valence-electron chi connectivity index (χ3n) is 3.86. The van der Waals surface area contributed by atoms with Crippen LogP contribution in [0.3, 0.4) is 0 Å². The molecule has 0 saturated carbocycles. The number of likely N-dealkylation sites (N-methyl/N-ethyl adjacent to an activating group) is 1. The first-order valence-electron chi connectivity index (χ1n) is 6.59. The van der Waals surface area contributed by atoms with Crippen LogP contribution >= 0.6 is 0 Å². The molecule has 1 aliphatic heterocycles. The number of rotatable bonds is 2. The van der Waals surface area contributed by atoms with Crippen molar-refractivity contribution in [3.63, 3.8) is 0 Å². The summed E-state index contributed by atoms with van der Waals surface area (Å²) in [6, 6.07) is 6.42. The Morgan fingerprint density at radius 1 is 1.38 bits per heavy atom. The van der Waals surface area contributed by atoms with Crippen molar-refractivity contribution in [2.24, 2.45) is 0 Å². The number of amides is 1. The van der Waals surface area contributed by atoms with Crippen molar-refractivity contribution in [2.45, 2.75) is 19.4 Å². The predicted molar refractivity (Wildman–Crippen MR) is 77.2 cm³/mol. The molecule has 6 heteroatoms. The highest BCUT2D eigenvalue weighted by atomic mass is 16.4. The number of hydrogen-bond donors (Lipinski definition) is 1. The molecule has 1 saturated heterocycles. The summed E-state index contributed by atoms with van der Waals surface area (Å²) < 4.78 is 0. The number of piperazine rings is 1. The fraction of sp³-hybridized carbons (Fsp3) is 0.400. The van der Waals surface area contributed by atoms with Crippen LogP contribution in [0.15, 0.2) is 18.2 Å². The Morgan fingerprint density at radius 3 is 2.62 bits per heavy atom. The molecular weight excluding hydrogens is 270 g/mol. The summed E-state index contributed by atoms with van der Waals surface area (Å²) in [4.78, 5) is 26.8. The Balaban J connectivity index is 2.49. The summed E-state index contributed by atoms with van der Waals surface area (Å²) >= 11 is 0. The number of aromatic carboxylic acids is 1. The second kappa shape index (κ2) is 5.09. The molecule has 0 bridgehead atoms. The molecule has 0 atom stereocenters. The van der Waals surface area contributed by atoms with E-state index < -0.39 is 11.5 Å². The van der Waals surface area contributed by atoms with Crippen LogP contribution in [0.4, 0.5) is 5.69 Å². The smallest absolute Gasteiger partial charge is 0.335 e. The van der Waals surface area contributed by atoms with Crippen LogP contribution in [0, 0.1) is 11.3 Å². The summed E-state index contributed by atoms with van der Waals surface area (Å²) in [5.41, 5.74) is 0.145. The highest BCUT2D eigenvalue weighted by Crippen LogP contribution is 2.31. The lowest BCUT2D eigenvalue weighted by molar-refractivity contribution is -0.136. The first-order chi connectivity index (χ1) is 9.78. The number of nitriles is 1. The van der Waals surface area contributed by atoms with Crippen molar-refractivity contribution >= 4 is 17.6 Å². The molecule has 0 aromatic heterocycles. The van der Waals surface area contributed by atoms with E-state index in [-0.39, 0.29) is 17.0 Å². The maximum atomic E-state index is 12.3. The van der Waals surface area contributed by atoms with E-state index >= 15 is 0 Å². The van der Waals surface area contributed by atoms with Gasteiger partial charge in [0.1, 0.15) is 11.6 Å². The largest absolute Gasteiger partial charge is 0.478 e. The Morgan fingerprint density at radius 2 is 2.05 bits per heavy atom. The zero-order valence-corrected chi connectivity index (χ0v) is 12.3. The number of carboxylic acid groups (broad SMARTS) is 1. The van der Waals surface area contributed by atoms with Crippen LogP contribution in [0.2, 0.25) is 0 Å². The molecule has 0 spiro atoms. The molecule has 1 N–H and O–H groups in total. The van der Waals surface area contributed by atoms with Gasteiger partial charge in [-0.25, -0.2) is 4.79 Å². The van der Waals surface area contributed by atoms with Gasteiger partial charge in [0, 0.05) is 20.1 Å². The highest BCUT2D eigenvalue weighted by molar-refractivity contribution is 5.92. The number of carbonyl (C=O) groups is 2. The summed E-state index contributed by atoms with van der Waals surface area (Å²) in [6.45, 7) is 4.76. The van der Waals surface area contributed by atoms with Gasteiger partial charge in [-0.2, -0.15) is 5.26 Å². The number of carbonyl (C=O) groups excluding carboxylic acids is 1. The maximum Gasteiger partial charge on any atom is 0.335 e. The van der Waals surface area contributed by atoms with Crippen molar-refractivity contribution < 1.29 is 14.7 Å². The first-order valence-corrected chi connectivity index (χ1v) is 6.59. The normalized spacial score (nSPS) is 17.5. The molecule has 1 fully saturated rings. The van der Waals surface area contributed by atoms with Gasteiger partial charge in [0.15, 0.2) is 0 Å². The van der Waals surface area contributed by atoms with E-state index in [2.05, 4.69) is 0 Å². The van der Waals surface area contributed by atoms with E-state index in [1.807, 2.05) is 11.0 Å².